The molecule has 1 fully saturated rings. The first kappa shape index (κ1) is 18.6. The van der Waals surface area contributed by atoms with Crippen molar-refractivity contribution < 1.29 is 31.3 Å². The summed E-state index contributed by atoms with van der Waals surface area (Å²) in [5.41, 5.74) is 0. The minimum Gasteiger partial charge on any atom is -0.394 e. The summed E-state index contributed by atoms with van der Waals surface area (Å²) < 4.78 is 12.0. The molecule has 1 saturated heterocycles. The number of ether oxygens (including phenoxy) is 1. The lowest BCUT2D eigenvalue weighted by atomic mass is 9.97. The van der Waals surface area contributed by atoms with Crippen molar-refractivity contribution in [2.45, 2.75) is 88.9 Å². The van der Waals surface area contributed by atoms with Gasteiger partial charge in [0.25, 0.3) is 0 Å². The van der Waals surface area contributed by atoms with E-state index < -0.39 is 37.3 Å². The minimum atomic E-state index is -1.47. The molecule has 1 aliphatic rings. The van der Waals surface area contributed by atoms with Gasteiger partial charge in [0.1, 0.15) is 24.4 Å². The molecule has 0 saturated carbocycles. The number of carbonyl (C=O) groups is 1. The lowest BCUT2D eigenvalue weighted by Gasteiger charge is -2.40. The molecule has 0 aliphatic carbocycles. The fraction of sp³-hybridized carbons (Fsp3) is 0.938. The topological polar surface area (TPSA) is 119 Å². The SMILES string of the molecule is [2H]CCCCCCCCCC(=O)N[C@@H]1C(O)O[C@H](CO)[C@@H](O)[C@@H]1O. The van der Waals surface area contributed by atoms with E-state index in [0.717, 1.165) is 38.5 Å². The number of aliphatic hydroxyl groups is 4. The first-order valence-corrected chi connectivity index (χ1v) is 8.40. The number of nitrogens with one attached hydrogen (secondary N) is 1. The molecule has 1 amide bonds. The fourth-order valence-corrected chi connectivity index (χ4v) is 2.68. The van der Waals surface area contributed by atoms with Crippen LogP contribution in [-0.2, 0) is 9.53 Å². The fourth-order valence-electron chi connectivity index (χ4n) is 2.68. The van der Waals surface area contributed by atoms with Gasteiger partial charge in [0, 0.05) is 7.79 Å². The summed E-state index contributed by atoms with van der Waals surface area (Å²) in [5.74, 6) is -0.314. The molecule has 0 aromatic heterocycles. The molecule has 7 heteroatoms. The molecule has 23 heavy (non-hydrogen) atoms. The maximum atomic E-state index is 11.9. The van der Waals surface area contributed by atoms with Gasteiger partial charge in [-0.1, -0.05) is 45.4 Å². The van der Waals surface area contributed by atoms with Crippen LogP contribution in [0, 0.1) is 0 Å². The third-order valence-corrected chi connectivity index (χ3v) is 4.13. The monoisotopic (exact) mass is 334 g/mol. The molecule has 0 radical (unpaired) electrons. The van der Waals surface area contributed by atoms with Crippen molar-refractivity contribution in [3.63, 3.8) is 0 Å². The quantitative estimate of drug-likeness (QED) is 0.360. The van der Waals surface area contributed by atoms with Crippen molar-refractivity contribution in [1.82, 2.24) is 5.32 Å². The van der Waals surface area contributed by atoms with E-state index in [1.165, 1.54) is 0 Å². The summed E-state index contributed by atoms with van der Waals surface area (Å²) in [6, 6.07) is -1.11. The zero-order valence-corrected chi connectivity index (χ0v) is 13.6. The average molecular weight is 334 g/mol. The largest absolute Gasteiger partial charge is 0.394 e. The minimum absolute atomic E-state index is 0.280. The standard InChI is InChI=1S/C16H31NO6/c1-2-3-4-5-6-7-8-9-12(19)17-13-15(21)14(20)11(10-18)23-16(13)22/h11,13-16,18,20-22H,2-10H2,1H3,(H,17,19)/t11-,13+,14-,15-,16?/m1/s1/i1D. The molecule has 1 aliphatic heterocycles. The van der Waals surface area contributed by atoms with Crippen molar-refractivity contribution in [2.24, 2.45) is 0 Å². The molecule has 1 unspecified atom stereocenters. The molecule has 0 aromatic rings. The molecule has 7 nitrogen and oxygen atoms in total. The van der Waals surface area contributed by atoms with E-state index in [9.17, 15) is 20.1 Å². The van der Waals surface area contributed by atoms with E-state index in [4.69, 9.17) is 11.2 Å². The van der Waals surface area contributed by atoms with Crippen LogP contribution >= 0.6 is 0 Å². The van der Waals surface area contributed by atoms with Crippen LogP contribution in [0.5, 0.6) is 0 Å². The molecular formula is C16H31NO6. The number of hydrogen-bond donors (Lipinski definition) is 5. The van der Waals surface area contributed by atoms with E-state index in [1.807, 2.05) is 0 Å². The summed E-state index contributed by atoms with van der Waals surface area (Å²) in [6.45, 7) is -0.0474. The normalized spacial score (nSPS) is 31.7. The molecule has 0 spiro atoms. The van der Waals surface area contributed by atoms with Crippen LogP contribution in [0.1, 0.15) is 59.6 Å². The number of unbranched alkanes of at least 4 members (excludes halogenated alkanes) is 6. The highest BCUT2D eigenvalue weighted by atomic mass is 16.6. The van der Waals surface area contributed by atoms with Crippen LogP contribution < -0.4 is 5.32 Å². The van der Waals surface area contributed by atoms with Crippen LogP contribution in [0.25, 0.3) is 0 Å². The lowest BCUT2D eigenvalue weighted by molar-refractivity contribution is -0.253. The van der Waals surface area contributed by atoms with Gasteiger partial charge in [-0.15, -0.1) is 0 Å². The number of rotatable bonds is 10. The van der Waals surface area contributed by atoms with Gasteiger partial charge < -0.3 is 30.5 Å². The second-order valence-electron chi connectivity index (χ2n) is 6.05. The maximum Gasteiger partial charge on any atom is 0.220 e. The summed E-state index contributed by atoms with van der Waals surface area (Å²) in [6.07, 6.45) is 1.90. The predicted octanol–water partition coefficient (Wildman–Crippen LogP) is 0.0432. The third kappa shape index (κ3) is 6.73. The van der Waals surface area contributed by atoms with Gasteiger partial charge >= 0.3 is 0 Å². The molecule has 0 bridgehead atoms. The zero-order valence-electron chi connectivity index (χ0n) is 14.6. The van der Waals surface area contributed by atoms with Gasteiger partial charge in [0.2, 0.25) is 5.91 Å². The molecular weight excluding hydrogens is 302 g/mol. The average Bonchev–Trinajstić information content (AvgIpc) is 2.57. The van der Waals surface area contributed by atoms with Gasteiger partial charge in [-0.25, -0.2) is 0 Å². The van der Waals surface area contributed by atoms with Crippen molar-refractivity contribution in [1.29, 1.82) is 0 Å². The summed E-state index contributed by atoms with van der Waals surface area (Å²) in [4.78, 5) is 11.9. The highest BCUT2D eigenvalue weighted by Crippen LogP contribution is 2.20. The smallest absolute Gasteiger partial charge is 0.220 e. The highest BCUT2D eigenvalue weighted by Gasteiger charge is 2.44. The van der Waals surface area contributed by atoms with Crippen molar-refractivity contribution in [2.75, 3.05) is 6.61 Å². The Balaban J connectivity index is 2.20. The third-order valence-electron chi connectivity index (χ3n) is 4.13. The Kier molecular flexibility index (Phi) is 8.85. The lowest BCUT2D eigenvalue weighted by Crippen LogP contribution is -2.64. The Morgan fingerprint density at radius 2 is 1.74 bits per heavy atom. The van der Waals surface area contributed by atoms with Crippen LogP contribution in [0.4, 0.5) is 0 Å². The number of aliphatic hydroxyl groups excluding tert-OH is 4. The van der Waals surface area contributed by atoms with Crippen LogP contribution in [0.15, 0.2) is 0 Å². The number of hydrogen-bond acceptors (Lipinski definition) is 6. The summed E-state index contributed by atoms with van der Waals surface area (Å²) in [5, 5.41) is 41.0. The van der Waals surface area contributed by atoms with Crippen LogP contribution in [0.3, 0.4) is 0 Å². The Hall–Kier alpha value is -0.730. The first-order valence-electron chi connectivity index (χ1n) is 9.11. The predicted molar refractivity (Wildman–Crippen MR) is 84.5 cm³/mol. The Morgan fingerprint density at radius 1 is 1.09 bits per heavy atom. The Morgan fingerprint density at radius 3 is 2.39 bits per heavy atom. The second-order valence-corrected chi connectivity index (χ2v) is 6.05. The van der Waals surface area contributed by atoms with E-state index >= 15 is 0 Å². The molecule has 136 valence electrons. The Labute approximate surface area is 139 Å². The van der Waals surface area contributed by atoms with E-state index in [0.29, 0.717) is 13.3 Å². The van der Waals surface area contributed by atoms with Gasteiger partial charge in [0.05, 0.1) is 6.61 Å². The summed E-state index contributed by atoms with van der Waals surface area (Å²) >= 11 is 0. The molecule has 1 rings (SSSR count). The molecule has 5 atom stereocenters. The maximum absolute atomic E-state index is 11.9. The van der Waals surface area contributed by atoms with Gasteiger partial charge in [-0.2, -0.15) is 0 Å². The number of carbonyl (C=O) groups excluding carboxylic acids is 1. The van der Waals surface area contributed by atoms with Gasteiger partial charge in [-0.05, 0) is 6.42 Å². The van der Waals surface area contributed by atoms with Crippen LogP contribution in [0.2, 0.25) is 0 Å². The molecule has 1 heterocycles. The summed E-state index contributed by atoms with van der Waals surface area (Å²) in [7, 11) is 0. The van der Waals surface area contributed by atoms with E-state index in [1.54, 1.807) is 0 Å². The second kappa shape index (κ2) is 10.9. The highest BCUT2D eigenvalue weighted by molar-refractivity contribution is 5.76. The van der Waals surface area contributed by atoms with Crippen LogP contribution in [-0.4, -0.2) is 63.6 Å². The molecule has 5 N–H and O–H groups in total. The van der Waals surface area contributed by atoms with Crippen molar-refractivity contribution >= 4 is 5.91 Å². The van der Waals surface area contributed by atoms with Crippen molar-refractivity contribution in [3.8, 4) is 0 Å². The van der Waals surface area contributed by atoms with Crippen molar-refractivity contribution in [3.05, 3.63) is 0 Å². The number of amides is 1. The molecule has 0 aromatic carbocycles. The van der Waals surface area contributed by atoms with Gasteiger partial charge in [-0.3, -0.25) is 4.79 Å². The van der Waals surface area contributed by atoms with Gasteiger partial charge in [0.15, 0.2) is 6.29 Å². The first-order chi connectivity index (χ1) is 11.5. The zero-order chi connectivity index (χ0) is 17.9. The Bertz CT molecular complexity index is 359. The van der Waals surface area contributed by atoms with E-state index in [-0.39, 0.29) is 12.3 Å². The van der Waals surface area contributed by atoms with E-state index in [2.05, 4.69) is 5.32 Å².